The third-order valence-corrected chi connectivity index (χ3v) is 3.33. The van der Waals surface area contributed by atoms with Crippen molar-refractivity contribution >= 4 is 0 Å². The molecule has 2 N–H and O–H groups in total. The molecule has 0 aliphatic carbocycles. The van der Waals surface area contributed by atoms with Gasteiger partial charge >= 0.3 is 0 Å². The Morgan fingerprint density at radius 2 is 2.15 bits per heavy atom. The van der Waals surface area contributed by atoms with Gasteiger partial charge in [0, 0.05) is 25.2 Å². The molecule has 2 saturated heterocycles. The van der Waals surface area contributed by atoms with E-state index in [9.17, 15) is 0 Å². The minimum Gasteiger partial charge on any atom is -0.381 e. The molecule has 0 aromatic carbocycles. The summed E-state index contributed by atoms with van der Waals surface area (Å²) in [5.41, 5.74) is 6.17. The summed E-state index contributed by atoms with van der Waals surface area (Å²) in [6, 6.07) is 0.181. The Morgan fingerprint density at radius 3 is 2.69 bits per heavy atom. The molecule has 0 radical (unpaired) electrons. The second kappa shape index (κ2) is 3.95. The normalized spacial score (nSPS) is 42.5. The van der Waals surface area contributed by atoms with Gasteiger partial charge in [0.25, 0.3) is 0 Å². The van der Waals surface area contributed by atoms with Gasteiger partial charge < -0.3 is 15.2 Å². The third-order valence-electron chi connectivity index (χ3n) is 3.33. The first kappa shape index (κ1) is 9.44. The molecule has 3 nitrogen and oxygen atoms in total. The molecule has 0 amide bonds. The van der Waals surface area contributed by atoms with E-state index in [1.54, 1.807) is 0 Å². The van der Waals surface area contributed by atoms with Gasteiger partial charge in [0.05, 0.1) is 12.7 Å². The Kier molecular flexibility index (Phi) is 2.86. The van der Waals surface area contributed by atoms with Crippen LogP contribution in [-0.2, 0) is 9.47 Å². The lowest BCUT2D eigenvalue weighted by Crippen LogP contribution is -2.43. The Labute approximate surface area is 79.6 Å². The molecular formula is C10H19NO2. The second-order valence-corrected chi connectivity index (χ2v) is 4.30. The van der Waals surface area contributed by atoms with Crippen molar-refractivity contribution in [1.29, 1.82) is 0 Å². The predicted octanol–water partition coefficient (Wildman–Crippen LogP) is 0.775. The Balaban J connectivity index is 1.91. The number of hydrogen-bond donors (Lipinski definition) is 1. The van der Waals surface area contributed by atoms with Crippen LogP contribution in [0.2, 0.25) is 0 Å². The van der Waals surface area contributed by atoms with E-state index in [0.29, 0.717) is 11.8 Å². The molecule has 0 spiro atoms. The summed E-state index contributed by atoms with van der Waals surface area (Å²) in [5, 5.41) is 0. The van der Waals surface area contributed by atoms with Gasteiger partial charge in [-0.2, -0.15) is 0 Å². The van der Waals surface area contributed by atoms with E-state index < -0.39 is 0 Å². The van der Waals surface area contributed by atoms with Crippen molar-refractivity contribution in [3.05, 3.63) is 0 Å². The van der Waals surface area contributed by atoms with Crippen molar-refractivity contribution in [3.63, 3.8) is 0 Å². The molecule has 0 aromatic rings. The van der Waals surface area contributed by atoms with Crippen molar-refractivity contribution in [1.82, 2.24) is 0 Å². The molecule has 3 heteroatoms. The van der Waals surface area contributed by atoms with Crippen molar-refractivity contribution < 1.29 is 9.47 Å². The van der Waals surface area contributed by atoms with E-state index in [-0.39, 0.29) is 12.1 Å². The largest absolute Gasteiger partial charge is 0.381 e. The van der Waals surface area contributed by atoms with Crippen LogP contribution in [0.15, 0.2) is 0 Å². The van der Waals surface area contributed by atoms with E-state index >= 15 is 0 Å². The molecule has 2 aliphatic rings. The summed E-state index contributed by atoms with van der Waals surface area (Å²) in [6.45, 7) is 4.81. The van der Waals surface area contributed by atoms with Crippen LogP contribution in [0.1, 0.15) is 19.8 Å². The molecule has 2 aliphatic heterocycles. The summed E-state index contributed by atoms with van der Waals surface area (Å²) in [4.78, 5) is 0. The zero-order valence-corrected chi connectivity index (χ0v) is 8.24. The lowest BCUT2D eigenvalue weighted by molar-refractivity contribution is 0.0514. The molecule has 0 bridgehead atoms. The highest BCUT2D eigenvalue weighted by Gasteiger charge is 2.35. The highest BCUT2D eigenvalue weighted by molar-refractivity contribution is 4.88. The quantitative estimate of drug-likeness (QED) is 0.691. The average Bonchev–Trinajstić information content (AvgIpc) is 2.72. The molecule has 13 heavy (non-hydrogen) atoms. The fraction of sp³-hybridized carbons (Fsp3) is 1.00. The van der Waals surface area contributed by atoms with Crippen LogP contribution in [-0.4, -0.2) is 32.0 Å². The third kappa shape index (κ3) is 1.87. The van der Waals surface area contributed by atoms with Crippen molar-refractivity contribution in [2.24, 2.45) is 17.6 Å². The summed E-state index contributed by atoms with van der Waals surface area (Å²) < 4.78 is 11.0. The van der Waals surface area contributed by atoms with Gasteiger partial charge in [-0.15, -0.1) is 0 Å². The van der Waals surface area contributed by atoms with Crippen molar-refractivity contribution in [3.8, 4) is 0 Å². The highest BCUT2D eigenvalue weighted by Crippen LogP contribution is 2.28. The number of rotatable bonds is 2. The monoisotopic (exact) mass is 185 g/mol. The molecule has 2 fully saturated rings. The molecule has 0 aromatic heterocycles. The van der Waals surface area contributed by atoms with Gasteiger partial charge in [0.1, 0.15) is 0 Å². The molecule has 4 atom stereocenters. The summed E-state index contributed by atoms with van der Waals surface area (Å²) in [7, 11) is 0. The predicted molar refractivity (Wildman–Crippen MR) is 50.4 cm³/mol. The zero-order valence-electron chi connectivity index (χ0n) is 8.24. The first-order chi connectivity index (χ1) is 6.29. The van der Waals surface area contributed by atoms with Gasteiger partial charge in [0.15, 0.2) is 0 Å². The fourth-order valence-corrected chi connectivity index (χ4v) is 2.33. The minimum atomic E-state index is 0.181. The van der Waals surface area contributed by atoms with Crippen LogP contribution in [0.3, 0.4) is 0 Å². The second-order valence-electron chi connectivity index (χ2n) is 4.30. The van der Waals surface area contributed by atoms with Crippen molar-refractivity contribution in [2.75, 3.05) is 19.8 Å². The lowest BCUT2D eigenvalue weighted by Gasteiger charge is -2.26. The Hall–Kier alpha value is -0.120. The highest BCUT2D eigenvalue weighted by atomic mass is 16.5. The van der Waals surface area contributed by atoms with E-state index in [0.717, 1.165) is 32.7 Å². The molecule has 76 valence electrons. The molecule has 0 saturated carbocycles. The van der Waals surface area contributed by atoms with Gasteiger partial charge in [-0.3, -0.25) is 0 Å². The average molecular weight is 185 g/mol. The van der Waals surface area contributed by atoms with E-state index in [1.165, 1.54) is 0 Å². The first-order valence-electron chi connectivity index (χ1n) is 5.24. The van der Waals surface area contributed by atoms with Gasteiger partial charge in [-0.25, -0.2) is 0 Å². The van der Waals surface area contributed by atoms with Gasteiger partial charge in [0.2, 0.25) is 0 Å². The van der Waals surface area contributed by atoms with Crippen LogP contribution in [0.5, 0.6) is 0 Å². The van der Waals surface area contributed by atoms with E-state index in [4.69, 9.17) is 15.2 Å². The van der Waals surface area contributed by atoms with E-state index in [1.807, 2.05) is 0 Å². The van der Waals surface area contributed by atoms with Crippen LogP contribution in [0.25, 0.3) is 0 Å². The summed E-state index contributed by atoms with van der Waals surface area (Å²) in [6.07, 6.45) is 2.53. The Bertz CT molecular complexity index is 168. The zero-order chi connectivity index (χ0) is 9.26. The summed E-state index contributed by atoms with van der Waals surface area (Å²) in [5.74, 6) is 1.14. The van der Waals surface area contributed by atoms with Gasteiger partial charge in [-0.05, 0) is 18.8 Å². The first-order valence-corrected chi connectivity index (χ1v) is 5.24. The number of hydrogen-bond acceptors (Lipinski definition) is 3. The van der Waals surface area contributed by atoms with E-state index in [2.05, 4.69) is 6.92 Å². The lowest BCUT2D eigenvalue weighted by atomic mass is 9.89. The minimum absolute atomic E-state index is 0.181. The standard InChI is InChI=1S/C10H19NO2/c1-7-2-5-13-10(7)9(11)8-3-4-12-6-8/h7-10H,2-6,11H2,1H3. The number of nitrogens with two attached hydrogens (primary N) is 1. The molecule has 2 rings (SSSR count). The fourth-order valence-electron chi connectivity index (χ4n) is 2.33. The molecule has 2 heterocycles. The maximum atomic E-state index is 6.17. The van der Waals surface area contributed by atoms with Crippen LogP contribution in [0.4, 0.5) is 0 Å². The van der Waals surface area contributed by atoms with Crippen LogP contribution in [0, 0.1) is 11.8 Å². The van der Waals surface area contributed by atoms with Crippen molar-refractivity contribution in [2.45, 2.75) is 31.9 Å². The van der Waals surface area contributed by atoms with Crippen LogP contribution >= 0.6 is 0 Å². The van der Waals surface area contributed by atoms with Crippen LogP contribution < -0.4 is 5.73 Å². The topological polar surface area (TPSA) is 44.5 Å². The maximum Gasteiger partial charge on any atom is 0.0755 e. The molecular weight excluding hydrogens is 166 g/mol. The van der Waals surface area contributed by atoms with Gasteiger partial charge in [-0.1, -0.05) is 6.92 Å². The Morgan fingerprint density at radius 1 is 1.31 bits per heavy atom. The summed E-state index contributed by atoms with van der Waals surface area (Å²) >= 11 is 0. The smallest absolute Gasteiger partial charge is 0.0755 e. The number of ether oxygens (including phenoxy) is 2. The SMILES string of the molecule is CC1CCOC1C(N)C1CCOC1. The maximum absolute atomic E-state index is 6.17. The molecule has 4 unspecified atom stereocenters.